The van der Waals surface area contributed by atoms with Crippen LogP contribution in [0.1, 0.15) is 32.6 Å². The van der Waals surface area contributed by atoms with Gasteiger partial charge < -0.3 is 9.67 Å². The van der Waals surface area contributed by atoms with E-state index in [1.165, 1.54) is 0 Å². The number of carboxylic acid groups (broad SMARTS) is 1. The lowest BCUT2D eigenvalue weighted by molar-refractivity contribution is -0.150. The minimum absolute atomic E-state index is 0.660. The van der Waals surface area contributed by atoms with Crippen molar-refractivity contribution < 1.29 is 9.90 Å². The molecule has 0 aliphatic heterocycles. The first-order valence-electron chi connectivity index (χ1n) is 5.52. The van der Waals surface area contributed by atoms with Gasteiger partial charge in [0.1, 0.15) is 5.54 Å². The summed E-state index contributed by atoms with van der Waals surface area (Å²) in [6, 6.07) is 3.78. The molecule has 0 aromatic carbocycles. The van der Waals surface area contributed by atoms with Crippen molar-refractivity contribution in [2.45, 2.75) is 38.1 Å². The molecule has 1 heterocycles. The van der Waals surface area contributed by atoms with Crippen LogP contribution in [-0.2, 0) is 10.3 Å². The number of carboxylic acids is 1. The van der Waals surface area contributed by atoms with Crippen molar-refractivity contribution in [3.8, 4) is 0 Å². The molecule has 0 amide bonds. The van der Waals surface area contributed by atoms with E-state index in [9.17, 15) is 9.90 Å². The predicted octanol–water partition coefficient (Wildman–Crippen LogP) is 2.48. The highest BCUT2D eigenvalue weighted by molar-refractivity contribution is 5.77. The standard InChI is InChI=1S/C12H17NO2/c1-10-4-6-12(7-5-10,11(14)15)13-8-2-3-9-13/h2-3,8-10H,4-7H2,1H3,(H,14,15)/t10-,12-. The number of hydrogen-bond donors (Lipinski definition) is 1. The molecule has 1 saturated carbocycles. The Labute approximate surface area is 89.7 Å². The summed E-state index contributed by atoms with van der Waals surface area (Å²) in [6.45, 7) is 2.20. The summed E-state index contributed by atoms with van der Waals surface area (Å²) in [5, 5.41) is 9.43. The maximum atomic E-state index is 11.5. The van der Waals surface area contributed by atoms with Gasteiger partial charge in [-0.05, 0) is 43.7 Å². The van der Waals surface area contributed by atoms with Crippen LogP contribution < -0.4 is 0 Å². The quantitative estimate of drug-likeness (QED) is 0.809. The predicted molar refractivity (Wildman–Crippen MR) is 57.7 cm³/mol. The van der Waals surface area contributed by atoms with E-state index in [0.717, 1.165) is 25.7 Å². The third kappa shape index (κ3) is 1.66. The lowest BCUT2D eigenvalue weighted by Gasteiger charge is -2.37. The molecule has 1 N–H and O–H groups in total. The van der Waals surface area contributed by atoms with E-state index in [1.54, 1.807) is 0 Å². The van der Waals surface area contributed by atoms with Gasteiger partial charge in [0.2, 0.25) is 0 Å². The molecule has 1 aliphatic carbocycles. The average Bonchev–Trinajstić information content (AvgIpc) is 2.72. The summed E-state index contributed by atoms with van der Waals surface area (Å²) in [7, 11) is 0. The minimum atomic E-state index is -0.689. The van der Waals surface area contributed by atoms with Gasteiger partial charge in [-0.1, -0.05) is 6.92 Å². The molecule has 1 aliphatic rings. The molecule has 3 nitrogen and oxygen atoms in total. The smallest absolute Gasteiger partial charge is 0.329 e. The molecule has 1 aromatic rings. The Bertz CT molecular complexity index is 335. The van der Waals surface area contributed by atoms with Gasteiger partial charge in [-0.25, -0.2) is 4.79 Å². The largest absolute Gasteiger partial charge is 0.479 e. The summed E-state index contributed by atoms with van der Waals surface area (Å²) in [6.07, 6.45) is 7.24. The van der Waals surface area contributed by atoms with Crippen LogP contribution >= 0.6 is 0 Å². The summed E-state index contributed by atoms with van der Waals surface area (Å²) < 4.78 is 1.86. The maximum absolute atomic E-state index is 11.5. The van der Waals surface area contributed by atoms with Gasteiger partial charge in [0.25, 0.3) is 0 Å². The maximum Gasteiger partial charge on any atom is 0.329 e. The zero-order valence-corrected chi connectivity index (χ0v) is 9.02. The Hall–Kier alpha value is -1.25. The third-order valence-electron chi connectivity index (χ3n) is 3.60. The van der Waals surface area contributed by atoms with Gasteiger partial charge in [-0.3, -0.25) is 0 Å². The third-order valence-corrected chi connectivity index (χ3v) is 3.60. The highest BCUT2D eigenvalue weighted by Gasteiger charge is 2.42. The second kappa shape index (κ2) is 3.72. The summed E-state index contributed by atoms with van der Waals surface area (Å²) >= 11 is 0. The fourth-order valence-electron chi connectivity index (χ4n) is 2.44. The first-order chi connectivity index (χ1) is 7.15. The van der Waals surface area contributed by atoms with Crippen LogP contribution in [0.25, 0.3) is 0 Å². The number of hydrogen-bond acceptors (Lipinski definition) is 1. The number of rotatable bonds is 2. The van der Waals surface area contributed by atoms with Crippen molar-refractivity contribution in [1.82, 2.24) is 4.57 Å². The molecule has 0 saturated heterocycles. The number of nitrogens with zero attached hydrogens (tertiary/aromatic N) is 1. The van der Waals surface area contributed by atoms with Crippen molar-refractivity contribution in [3.63, 3.8) is 0 Å². The average molecular weight is 207 g/mol. The summed E-state index contributed by atoms with van der Waals surface area (Å²) in [5.41, 5.74) is -0.685. The number of carbonyl (C=O) groups is 1. The van der Waals surface area contributed by atoms with Crippen molar-refractivity contribution in [3.05, 3.63) is 24.5 Å². The lowest BCUT2D eigenvalue weighted by atomic mass is 9.77. The van der Waals surface area contributed by atoms with Crippen molar-refractivity contribution >= 4 is 5.97 Å². The second-order valence-electron chi connectivity index (χ2n) is 4.61. The van der Waals surface area contributed by atoms with E-state index >= 15 is 0 Å². The number of aromatic nitrogens is 1. The van der Waals surface area contributed by atoms with Crippen LogP contribution in [-0.4, -0.2) is 15.6 Å². The SMILES string of the molecule is C[C@H]1CC[C@](C(=O)O)(n2cccc2)CC1. The second-order valence-corrected chi connectivity index (χ2v) is 4.61. The fraction of sp³-hybridized carbons (Fsp3) is 0.583. The van der Waals surface area contributed by atoms with E-state index in [1.807, 2.05) is 29.1 Å². The van der Waals surface area contributed by atoms with E-state index in [2.05, 4.69) is 6.92 Å². The van der Waals surface area contributed by atoms with Gasteiger partial charge in [-0.2, -0.15) is 0 Å². The molecule has 0 unspecified atom stereocenters. The van der Waals surface area contributed by atoms with Crippen LogP contribution in [0, 0.1) is 5.92 Å². The van der Waals surface area contributed by atoms with Crippen LogP contribution in [0.15, 0.2) is 24.5 Å². The first-order valence-corrected chi connectivity index (χ1v) is 5.52. The summed E-state index contributed by atoms with van der Waals surface area (Å²) in [4.78, 5) is 11.5. The Balaban J connectivity index is 2.30. The van der Waals surface area contributed by atoms with E-state index in [4.69, 9.17) is 0 Å². The fourth-order valence-corrected chi connectivity index (χ4v) is 2.44. The van der Waals surface area contributed by atoms with Crippen molar-refractivity contribution in [1.29, 1.82) is 0 Å². The molecule has 82 valence electrons. The molecular weight excluding hydrogens is 190 g/mol. The van der Waals surface area contributed by atoms with Crippen LogP contribution in [0.3, 0.4) is 0 Å². The van der Waals surface area contributed by atoms with E-state index < -0.39 is 11.5 Å². The summed E-state index contributed by atoms with van der Waals surface area (Å²) in [5.74, 6) is -0.0290. The Kier molecular flexibility index (Phi) is 2.55. The van der Waals surface area contributed by atoms with Crippen molar-refractivity contribution in [2.75, 3.05) is 0 Å². The molecule has 15 heavy (non-hydrogen) atoms. The lowest BCUT2D eigenvalue weighted by Crippen LogP contribution is -2.44. The van der Waals surface area contributed by atoms with Gasteiger partial charge >= 0.3 is 5.97 Å². The van der Waals surface area contributed by atoms with Crippen LogP contribution in [0.4, 0.5) is 0 Å². The molecular formula is C12H17NO2. The number of aliphatic carboxylic acids is 1. The Morgan fingerprint density at radius 1 is 1.33 bits per heavy atom. The first kappa shape index (κ1) is 10.3. The topological polar surface area (TPSA) is 42.2 Å². The molecule has 2 rings (SSSR count). The van der Waals surface area contributed by atoms with Gasteiger partial charge in [0, 0.05) is 12.4 Å². The van der Waals surface area contributed by atoms with E-state index in [-0.39, 0.29) is 0 Å². The molecule has 1 aromatic heterocycles. The minimum Gasteiger partial charge on any atom is -0.479 e. The highest BCUT2D eigenvalue weighted by Crippen LogP contribution is 2.37. The Morgan fingerprint density at radius 2 is 1.87 bits per heavy atom. The van der Waals surface area contributed by atoms with Crippen molar-refractivity contribution in [2.24, 2.45) is 5.92 Å². The van der Waals surface area contributed by atoms with E-state index in [0.29, 0.717) is 5.92 Å². The van der Waals surface area contributed by atoms with Gasteiger partial charge in [0.05, 0.1) is 0 Å². The zero-order chi connectivity index (χ0) is 10.9. The van der Waals surface area contributed by atoms with Gasteiger partial charge in [-0.15, -0.1) is 0 Å². The van der Waals surface area contributed by atoms with Crippen LogP contribution in [0.2, 0.25) is 0 Å². The highest BCUT2D eigenvalue weighted by atomic mass is 16.4. The monoisotopic (exact) mass is 207 g/mol. The zero-order valence-electron chi connectivity index (χ0n) is 9.02. The molecule has 3 heteroatoms. The molecule has 0 radical (unpaired) electrons. The normalized spacial score (nSPS) is 31.4. The van der Waals surface area contributed by atoms with Gasteiger partial charge in [0.15, 0.2) is 0 Å². The van der Waals surface area contributed by atoms with Crippen LogP contribution in [0.5, 0.6) is 0 Å². The molecule has 1 fully saturated rings. The molecule has 0 bridgehead atoms. The Morgan fingerprint density at radius 3 is 2.33 bits per heavy atom. The molecule has 0 spiro atoms. The molecule has 0 atom stereocenters.